The van der Waals surface area contributed by atoms with E-state index in [1.54, 1.807) is 12.3 Å². The molecule has 1 unspecified atom stereocenters. The van der Waals surface area contributed by atoms with Crippen molar-refractivity contribution in [3.8, 4) is 0 Å². The minimum Gasteiger partial charge on any atom is -0.354 e. The normalized spacial score (nSPS) is 19.8. The summed E-state index contributed by atoms with van der Waals surface area (Å²) in [6, 6.07) is 1.80. The van der Waals surface area contributed by atoms with E-state index in [-0.39, 0.29) is 11.9 Å². The van der Waals surface area contributed by atoms with Gasteiger partial charge in [-0.05, 0) is 18.3 Å². The summed E-state index contributed by atoms with van der Waals surface area (Å²) in [5.41, 5.74) is 1.53. The van der Waals surface area contributed by atoms with Gasteiger partial charge in [-0.3, -0.25) is 9.36 Å². The molecule has 7 heteroatoms. The standard InChI is InChI=1S/C10H9ClN4OS/c11-5-1-7-9(13-3-5)15(10(17)14-7)6-2-8(16)12-4-6/h1,3,6H,2,4H2,(H,12,16)(H,14,17). The van der Waals surface area contributed by atoms with Crippen LogP contribution in [0.4, 0.5) is 0 Å². The Labute approximate surface area is 107 Å². The van der Waals surface area contributed by atoms with Gasteiger partial charge in [0.05, 0.1) is 16.6 Å². The van der Waals surface area contributed by atoms with Crippen molar-refractivity contribution in [1.82, 2.24) is 19.9 Å². The number of pyridine rings is 1. The van der Waals surface area contributed by atoms with E-state index in [1.807, 2.05) is 4.57 Å². The van der Waals surface area contributed by atoms with E-state index >= 15 is 0 Å². The summed E-state index contributed by atoms with van der Waals surface area (Å²) in [5.74, 6) is 0.0419. The molecular weight excluding hydrogens is 260 g/mol. The van der Waals surface area contributed by atoms with Crippen molar-refractivity contribution in [1.29, 1.82) is 0 Å². The number of imidazole rings is 1. The number of carbonyl (C=O) groups excluding carboxylic acids is 1. The summed E-state index contributed by atoms with van der Waals surface area (Å²) in [5, 5.41) is 3.34. The fourth-order valence-electron chi connectivity index (χ4n) is 2.10. The molecule has 3 heterocycles. The molecule has 2 aromatic heterocycles. The van der Waals surface area contributed by atoms with Crippen LogP contribution in [0.5, 0.6) is 0 Å². The number of nitrogens with one attached hydrogen (secondary N) is 2. The molecule has 2 aromatic rings. The SMILES string of the molecule is O=C1CC(n2c(=S)[nH]c3cc(Cl)cnc32)CN1. The van der Waals surface area contributed by atoms with Crippen LogP contribution in [0.3, 0.4) is 0 Å². The Morgan fingerprint density at radius 2 is 2.41 bits per heavy atom. The van der Waals surface area contributed by atoms with Crippen molar-refractivity contribution in [2.24, 2.45) is 0 Å². The molecule has 1 aliphatic heterocycles. The van der Waals surface area contributed by atoms with Gasteiger partial charge in [-0.2, -0.15) is 0 Å². The number of nitrogens with zero attached hydrogens (tertiary/aromatic N) is 2. The highest BCUT2D eigenvalue weighted by Crippen LogP contribution is 2.23. The van der Waals surface area contributed by atoms with Crippen LogP contribution in [0, 0.1) is 4.77 Å². The van der Waals surface area contributed by atoms with Crippen molar-refractivity contribution in [2.75, 3.05) is 6.54 Å². The van der Waals surface area contributed by atoms with Crippen molar-refractivity contribution in [3.05, 3.63) is 22.1 Å². The van der Waals surface area contributed by atoms with Gasteiger partial charge in [-0.15, -0.1) is 0 Å². The lowest BCUT2D eigenvalue weighted by Crippen LogP contribution is -2.15. The van der Waals surface area contributed by atoms with Crippen molar-refractivity contribution in [2.45, 2.75) is 12.5 Å². The molecule has 1 fully saturated rings. The molecule has 3 rings (SSSR count). The van der Waals surface area contributed by atoms with Crippen LogP contribution < -0.4 is 5.32 Å². The van der Waals surface area contributed by atoms with Crippen molar-refractivity contribution >= 4 is 40.9 Å². The predicted molar refractivity (Wildman–Crippen MR) is 66.6 cm³/mol. The first kappa shape index (κ1) is 10.7. The van der Waals surface area contributed by atoms with E-state index in [4.69, 9.17) is 23.8 Å². The van der Waals surface area contributed by atoms with Gasteiger partial charge in [0.1, 0.15) is 0 Å². The van der Waals surface area contributed by atoms with Crippen LogP contribution in [-0.2, 0) is 4.79 Å². The third-order valence-electron chi connectivity index (χ3n) is 2.84. The fourth-order valence-corrected chi connectivity index (χ4v) is 2.60. The Morgan fingerprint density at radius 3 is 3.12 bits per heavy atom. The second-order valence-electron chi connectivity index (χ2n) is 3.99. The van der Waals surface area contributed by atoms with Crippen LogP contribution in [0.1, 0.15) is 12.5 Å². The molecule has 0 bridgehead atoms. The van der Waals surface area contributed by atoms with Gasteiger partial charge in [-0.25, -0.2) is 4.98 Å². The highest BCUT2D eigenvalue weighted by molar-refractivity contribution is 7.71. The Hall–Kier alpha value is -1.40. The van der Waals surface area contributed by atoms with Gasteiger partial charge >= 0.3 is 0 Å². The quantitative estimate of drug-likeness (QED) is 0.776. The molecule has 1 saturated heterocycles. The minimum atomic E-state index is 0.0254. The van der Waals surface area contributed by atoms with Crippen LogP contribution in [0.15, 0.2) is 12.3 Å². The van der Waals surface area contributed by atoms with Crippen LogP contribution in [0.2, 0.25) is 5.02 Å². The van der Waals surface area contributed by atoms with Gasteiger partial charge in [-0.1, -0.05) is 11.6 Å². The first-order valence-electron chi connectivity index (χ1n) is 5.17. The fraction of sp³-hybridized carbons (Fsp3) is 0.300. The first-order valence-corrected chi connectivity index (χ1v) is 5.96. The molecule has 2 N–H and O–H groups in total. The number of amides is 1. The van der Waals surface area contributed by atoms with Gasteiger partial charge in [0.15, 0.2) is 10.4 Å². The molecule has 17 heavy (non-hydrogen) atoms. The van der Waals surface area contributed by atoms with Crippen LogP contribution in [0.25, 0.3) is 11.2 Å². The lowest BCUT2D eigenvalue weighted by molar-refractivity contribution is -0.119. The number of rotatable bonds is 1. The maximum atomic E-state index is 11.2. The summed E-state index contributed by atoms with van der Waals surface area (Å²) in [4.78, 5) is 18.6. The average Bonchev–Trinajstić information content (AvgIpc) is 2.80. The minimum absolute atomic E-state index is 0.0254. The highest BCUT2D eigenvalue weighted by Gasteiger charge is 2.25. The predicted octanol–water partition coefficient (Wildman–Crippen LogP) is 1.81. The molecule has 0 spiro atoms. The zero-order valence-electron chi connectivity index (χ0n) is 8.74. The molecule has 1 atom stereocenters. The van der Waals surface area contributed by atoms with Gasteiger partial charge in [0, 0.05) is 19.2 Å². The van der Waals surface area contributed by atoms with Crippen LogP contribution >= 0.6 is 23.8 Å². The molecule has 88 valence electrons. The first-order chi connectivity index (χ1) is 8.15. The molecular formula is C10H9ClN4OS. The molecule has 0 aliphatic carbocycles. The number of carbonyl (C=O) groups is 1. The lowest BCUT2D eigenvalue weighted by atomic mass is 10.2. The number of fused-ring (bicyclic) bond motifs is 1. The van der Waals surface area contributed by atoms with E-state index < -0.39 is 0 Å². The molecule has 1 amide bonds. The number of hydrogen-bond acceptors (Lipinski definition) is 3. The smallest absolute Gasteiger partial charge is 0.222 e. The third kappa shape index (κ3) is 1.73. The van der Waals surface area contributed by atoms with Gasteiger partial charge in [0.2, 0.25) is 5.91 Å². The number of halogens is 1. The summed E-state index contributed by atoms with van der Waals surface area (Å²) >= 11 is 11.1. The maximum absolute atomic E-state index is 11.2. The largest absolute Gasteiger partial charge is 0.354 e. The van der Waals surface area contributed by atoms with E-state index in [2.05, 4.69) is 15.3 Å². The molecule has 5 nitrogen and oxygen atoms in total. The molecule has 0 aromatic carbocycles. The maximum Gasteiger partial charge on any atom is 0.222 e. The summed E-state index contributed by atoms with van der Waals surface area (Å²) in [7, 11) is 0. The van der Waals surface area contributed by atoms with E-state index in [1.165, 1.54) is 0 Å². The Kier molecular flexibility index (Phi) is 2.41. The Morgan fingerprint density at radius 1 is 1.59 bits per heavy atom. The zero-order valence-corrected chi connectivity index (χ0v) is 10.3. The van der Waals surface area contributed by atoms with Crippen molar-refractivity contribution < 1.29 is 4.79 Å². The Bertz CT molecular complexity index is 662. The number of hydrogen-bond donors (Lipinski definition) is 2. The van der Waals surface area contributed by atoms with Gasteiger partial charge < -0.3 is 10.3 Å². The second kappa shape index (κ2) is 3.82. The van der Waals surface area contributed by atoms with Gasteiger partial charge in [0.25, 0.3) is 0 Å². The lowest BCUT2D eigenvalue weighted by Gasteiger charge is -2.09. The number of aromatic amines is 1. The summed E-state index contributed by atoms with van der Waals surface area (Å²) in [6.45, 7) is 0.588. The summed E-state index contributed by atoms with van der Waals surface area (Å²) < 4.78 is 2.44. The molecule has 0 saturated carbocycles. The number of aromatic nitrogens is 3. The van der Waals surface area contributed by atoms with E-state index in [0.29, 0.717) is 22.8 Å². The summed E-state index contributed by atoms with van der Waals surface area (Å²) in [6.07, 6.45) is 2.01. The van der Waals surface area contributed by atoms with Crippen LogP contribution in [-0.4, -0.2) is 27.0 Å². The second-order valence-corrected chi connectivity index (χ2v) is 4.81. The third-order valence-corrected chi connectivity index (χ3v) is 3.35. The topological polar surface area (TPSA) is 62.7 Å². The van der Waals surface area contributed by atoms with Crippen molar-refractivity contribution in [3.63, 3.8) is 0 Å². The highest BCUT2D eigenvalue weighted by atomic mass is 35.5. The monoisotopic (exact) mass is 268 g/mol. The van der Waals surface area contributed by atoms with E-state index in [0.717, 1.165) is 11.2 Å². The average molecular weight is 269 g/mol. The molecule has 1 aliphatic rings. The van der Waals surface area contributed by atoms with E-state index in [9.17, 15) is 4.79 Å². The molecule has 0 radical (unpaired) electrons. The zero-order chi connectivity index (χ0) is 12.0. The Balaban J connectivity index is 2.19. The number of H-pyrrole nitrogens is 1.